The van der Waals surface area contributed by atoms with Gasteiger partial charge < -0.3 is 10.2 Å². The summed E-state index contributed by atoms with van der Waals surface area (Å²) in [4.78, 5) is 6.90. The van der Waals surface area contributed by atoms with Gasteiger partial charge >= 0.3 is 0 Å². The predicted molar refractivity (Wildman–Crippen MR) is 72.3 cm³/mol. The molecule has 0 radical (unpaired) electrons. The summed E-state index contributed by atoms with van der Waals surface area (Å²) in [5, 5.41) is 3.22. The summed E-state index contributed by atoms with van der Waals surface area (Å²) < 4.78 is 0. The van der Waals surface area contributed by atoms with Crippen LogP contribution in [0, 0.1) is 0 Å². The molecule has 1 aliphatic rings. The minimum absolute atomic E-state index is 0.352. The molecule has 0 amide bonds. The van der Waals surface area contributed by atoms with Gasteiger partial charge in [0.2, 0.25) is 0 Å². The summed E-state index contributed by atoms with van der Waals surface area (Å²) in [6.45, 7) is 6.84. The van der Waals surface area contributed by atoms with Crippen molar-refractivity contribution in [3.8, 4) is 0 Å². The zero-order valence-electron chi connectivity index (χ0n) is 10.7. The van der Waals surface area contributed by atoms with Crippen LogP contribution in [-0.2, 0) is 0 Å². The Bertz CT molecular complexity index is 368. The standard InChI is InChI=1S/C14H21N3/c1-4-9-17(13-6-7-13)14-8-5-12(10-16-14)11(2)15-3/h4-5,8,10-11,13,15H,1,6-7,9H2,2-3H3. The number of nitrogens with one attached hydrogen (secondary N) is 1. The first-order chi connectivity index (χ1) is 8.26. The minimum atomic E-state index is 0.352. The highest BCUT2D eigenvalue weighted by Crippen LogP contribution is 2.30. The number of anilines is 1. The summed E-state index contributed by atoms with van der Waals surface area (Å²) in [6, 6.07) is 5.30. The number of nitrogens with zero attached hydrogens (tertiary/aromatic N) is 2. The van der Waals surface area contributed by atoms with E-state index in [0.717, 1.165) is 12.4 Å². The lowest BCUT2D eigenvalue weighted by molar-refractivity contribution is 0.649. The maximum Gasteiger partial charge on any atom is 0.129 e. The van der Waals surface area contributed by atoms with Gasteiger partial charge in [0.05, 0.1) is 0 Å². The lowest BCUT2D eigenvalue weighted by atomic mass is 10.1. The van der Waals surface area contributed by atoms with Crippen LogP contribution in [0.5, 0.6) is 0 Å². The van der Waals surface area contributed by atoms with Crippen molar-refractivity contribution in [2.45, 2.75) is 31.8 Å². The highest BCUT2D eigenvalue weighted by atomic mass is 15.2. The van der Waals surface area contributed by atoms with Gasteiger partial charge in [-0.15, -0.1) is 6.58 Å². The lowest BCUT2D eigenvalue weighted by Gasteiger charge is -2.22. The van der Waals surface area contributed by atoms with Crippen LogP contribution in [0.3, 0.4) is 0 Å². The molecular weight excluding hydrogens is 210 g/mol. The van der Waals surface area contributed by atoms with Gasteiger partial charge in [0.25, 0.3) is 0 Å². The van der Waals surface area contributed by atoms with Gasteiger partial charge in [-0.25, -0.2) is 4.98 Å². The molecule has 17 heavy (non-hydrogen) atoms. The van der Waals surface area contributed by atoms with Crippen LogP contribution in [0.2, 0.25) is 0 Å². The van der Waals surface area contributed by atoms with Crippen molar-refractivity contribution in [3.05, 3.63) is 36.5 Å². The quantitative estimate of drug-likeness (QED) is 0.763. The van der Waals surface area contributed by atoms with Gasteiger partial charge in [0, 0.05) is 24.8 Å². The fourth-order valence-corrected chi connectivity index (χ4v) is 1.95. The molecule has 0 spiro atoms. The molecule has 1 aromatic heterocycles. The summed E-state index contributed by atoms with van der Waals surface area (Å²) >= 11 is 0. The molecule has 3 nitrogen and oxygen atoms in total. The number of hydrogen-bond acceptors (Lipinski definition) is 3. The van der Waals surface area contributed by atoms with Gasteiger partial charge in [0.1, 0.15) is 5.82 Å². The van der Waals surface area contributed by atoms with Gasteiger partial charge in [0.15, 0.2) is 0 Å². The van der Waals surface area contributed by atoms with Crippen molar-refractivity contribution in [2.24, 2.45) is 0 Å². The van der Waals surface area contributed by atoms with Crippen LogP contribution >= 0.6 is 0 Å². The van der Waals surface area contributed by atoms with E-state index < -0.39 is 0 Å². The Kier molecular flexibility index (Phi) is 3.79. The fraction of sp³-hybridized carbons (Fsp3) is 0.500. The summed E-state index contributed by atoms with van der Waals surface area (Å²) in [5.74, 6) is 1.07. The highest BCUT2D eigenvalue weighted by molar-refractivity contribution is 5.43. The Morgan fingerprint density at radius 2 is 2.35 bits per heavy atom. The molecule has 3 heteroatoms. The lowest BCUT2D eigenvalue weighted by Crippen LogP contribution is -2.26. The van der Waals surface area contributed by atoms with Gasteiger partial charge in [-0.2, -0.15) is 0 Å². The molecule has 0 saturated heterocycles. The van der Waals surface area contributed by atoms with Gasteiger partial charge in [-0.3, -0.25) is 0 Å². The molecule has 2 rings (SSSR count). The third-order valence-corrected chi connectivity index (χ3v) is 3.31. The van der Waals surface area contributed by atoms with Crippen molar-refractivity contribution in [1.29, 1.82) is 0 Å². The minimum Gasteiger partial charge on any atom is -0.350 e. The van der Waals surface area contributed by atoms with Gasteiger partial charge in [-0.1, -0.05) is 12.1 Å². The first-order valence-corrected chi connectivity index (χ1v) is 6.27. The monoisotopic (exact) mass is 231 g/mol. The Labute approximate surface area is 104 Å². The number of hydrogen-bond donors (Lipinski definition) is 1. The van der Waals surface area contributed by atoms with E-state index in [2.05, 4.69) is 40.8 Å². The Hall–Kier alpha value is -1.35. The molecule has 1 saturated carbocycles. The molecule has 1 atom stereocenters. The van der Waals surface area contributed by atoms with E-state index in [1.165, 1.54) is 18.4 Å². The van der Waals surface area contributed by atoms with E-state index in [1.54, 1.807) is 0 Å². The number of aromatic nitrogens is 1. The second-order valence-corrected chi connectivity index (χ2v) is 4.63. The van der Waals surface area contributed by atoms with Crippen molar-refractivity contribution in [1.82, 2.24) is 10.3 Å². The average Bonchev–Trinajstić information content (AvgIpc) is 3.19. The average molecular weight is 231 g/mol. The van der Waals surface area contributed by atoms with Gasteiger partial charge in [-0.05, 0) is 38.4 Å². The third-order valence-electron chi connectivity index (χ3n) is 3.31. The molecule has 0 aromatic carbocycles. The van der Waals surface area contributed by atoms with Crippen molar-refractivity contribution in [3.63, 3.8) is 0 Å². The largest absolute Gasteiger partial charge is 0.350 e. The van der Waals surface area contributed by atoms with Crippen LogP contribution in [-0.4, -0.2) is 24.6 Å². The molecule has 1 N–H and O–H groups in total. The topological polar surface area (TPSA) is 28.2 Å². The second kappa shape index (κ2) is 5.32. The SMILES string of the molecule is C=CCN(c1ccc(C(C)NC)cn1)C1CC1. The normalized spacial score (nSPS) is 16.6. The Balaban J connectivity index is 2.12. The van der Waals surface area contributed by atoms with Crippen LogP contribution < -0.4 is 10.2 Å². The van der Waals surface area contributed by atoms with Crippen molar-refractivity contribution < 1.29 is 0 Å². The molecule has 1 aromatic rings. The predicted octanol–water partition coefficient (Wildman–Crippen LogP) is 2.52. The molecule has 92 valence electrons. The third kappa shape index (κ3) is 2.86. The fourth-order valence-electron chi connectivity index (χ4n) is 1.95. The van der Waals surface area contributed by atoms with E-state index in [0.29, 0.717) is 12.1 Å². The second-order valence-electron chi connectivity index (χ2n) is 4.63. The summed E-state index contributed by atoms with van der Waals surface area (Å²) in [5.41, 5.74) is 1.23. The van der Waals surface area contributed by atoms with Crippen LogP contribution in [0.25, 0.3) is 0 Å². The first-order valence-electron chi connectivity index (χ1n) is 6.27. The maximum absolute atomic E-state index is 4.57. The molecular formula is C14H21N3. The van der Waals surface area contributed by atoms with Crippen molar-refractivity contribution in [2.75, 3.05) is 18.5 Å². The number of rotatable bonds is 6. The van der Waals surface area contributed by atoms with E-state index in [1.807, 2.05) is 19.3 Å². The molecule has 0 bridgehead atoms. The Morgan fingerprint density at radius 1 is 1.59 bits per heavy atom. The van der Waals surface area contributed by atoms with E-state index in [-0.39, 0.29) is 0 Å². The van der Waals surface area contributed by atoms with E-state index >= 15 is 0 Å². The molecule has 0 aliphatic heterocycles. The number of pyridine rings is 1. The van der Waals surface area contributed by atoms with Crippen LogP contribution in [0.15, 0.2) is 31.0 Å². The molecule has 1 heterocycles. The zero-order chi connectivity index (χ0) is 12.3. The molecule has 1 aliphatic carbocycles. The van der Waals surface area contributed by atoms with Crippen LogP contribution in [0.4, 0.5) is 5.82 Å². The maximum atomic E-state index is 4.57. The van der Waals surface area contributed by atoms with E-state index in [4.69, 9.17) is 0 Å². The molecule has 1 fully saturated rings. The Morgan fingerprint density at radius 3 is 2.82 bits per heavy atom. The van der Waals surface area contributed by atoms with Crippen LogP contribution in [0.1, 0.15) is 31.4 Å². The summed E-state index contributed by atoms with van der Waals surface area (Å²) in [7, 11) is 1.97. The zero-order valence-corrected chi connectivity index (χ0v) is 10.7. The van der Waals surface area contributed by atoms with Crippen molar-refractivity contribution >= 4 is 5.82 Å². The first kappa shape index (κ1) is 12.1. The summed E-state index contributed by atoms with van der Waals surface area (Å²) in [6.07, 6.45) is 6.48. The van der Waals surface area contributed by atoms with E-state index in [9.17, 15) is 0 Å². The smallest absolute Gasteiger partial charge is 0.129 e. The highest BCUT2D eigenvalue weighted by Gasteiger charge is 2.29. The molecule has 1 unspecified atom stereocenters.